The quantitative estimate of drug-likeness (QED) is 0.358. The van der Waals surface area contributed by atoms with Crippen molar-refractivity contribution in [3.8, 4) is 0 Å². The van der Waals surface area contributed by atoms with E-state index >= 15 is 0 Å². The lowest BCUT2D eigenvalue weighted by Gasteiger charge is -2.42. The van der Waals surface area contributed by atoms with Crippen LogP contribution in [0.3, 0.4) is 0 Å². The molecule has 2 heterocycles. The van der Waals surface area contributed by atoms with Crippen LogP contribution in [0.5, 0.6) is 0 Å². The molecule has 0 radical (unpaired) electrons. The second kappa shape index (κ2) is 10.8. The number of rotatable bonds is 4. The zero-order chi connectivity index (χ0) is 34.0. The highest BCUT2D eigenvalue weighted by atomic mass is 16.6. The highest BCUT2D eigenvalue weighted by Crippen LogP contribution is 2.67. The van der Waals surface area contributed by atoms with Crippen molar-refractivity contribution < 1.29 is 47.6 Å². The van der Waals surface area contributed by atoms with Crippen molar-refractivity contribution in [1.29, 1.82) is 0 Å². The van der Waals surface area contributed by atoms with Crippen molar-refractivity contribution in [2.75, 3.05) is 28.4 Å². The minimum Gasteiger partial charge on any atom is -0.466 e. The normalized spacial score (nSPS) is 23.8. The number of aliphatic imine (C=N–C) groups is 2. The first-order valence-corrected chi connectivity index (χ1v) is 14.5. The number of ether oxygens (including phenoxy) is 6. The van der Waals surface area contributed by atoms with Gasteiger partial charge in [-0.1, -0.05) is 36.4 Å². The van der Waals surface area contributed by atoms with Crippen LogP contribution >= 0.6 is 0 Å². The maximum Gasteiger partial charge on any atom is 0.344 e. The molecule has 12 nitrogen and oxygen atoms in total. The molecule has 2 atom stereocenters. The molecule has 0 unspecified atom stereocenters. The molecular weight excluding hydrogens is 596 g/mol. The van der Waals surface area contributed by atoms with Gasteiger partial charge < -0.3 is 28.4 Å². The number of carbonyl (C=O) groups is 4. The van der Waals surface area contributed by atoms with Crippen molar-refractivity contribution in [1.82, 2.24) is 0 Å². The Kier molecular flexibility index (Phi) is 7.62. The first-order valence-electron chi connectivity index (χ1n) is 14.5. The van der Waals surface area contributed by atoms with Gasteiger partial charge in [-0.05, 0) is 52.3 Å². The molecule has 0 amide bonds. The van der Waals surface area contributed by atoms with Gasteiger partial charge in [-0.3, -0.25) is 0 Å². The van der Waals surface area contributed by atoms with E-state index in [1.807, 2.05) is 12.1 Å². The van der Waals surface area contributed by atoms with Crippen molar-refractivity contribution in [2.24, 2.45) is 9.98 Å². The van der Waals surface area contributed by atoms with Gasteiger partial charge in [-0.2, -0.15) is 0 Å². The molecule has 2 aromatic rings. The van der Waals surface area contributed by atoms with E-state index in [4.69, 9.17) is 28.4 Å². The highest BCUT2D eigenvalue weighted by molar-refractivity contribution is 6.28. The minimum atomic E-state index is -2.20. The van der Waals surface area contributed by atoms with E-state index in [0.29, 0.717) is 21.9 Å². The summed E-state index contributed by atoms with van der Waals surface area (Å²) in [6, 6.07) is 10.5. The molecule has 0 saturated heterocycles. The fourth-order valence-electron chi connectivity index (χ4n) is 6.29. The topological polar surface area (TPSA) is 148 Å². The highest BCUT2D eigenvalue weighted by Gasteiger charge is 2.77. The van der Waals surface area contributed by atoms with Crippen LogP contribution in [0.25, 0.3) is 10.8 Å². The number of nitrogens with zero attached hydrogens (tertiary/aromatic N) is 2. The fraction of sp³-hybridized carbons (Fsp3) is 0.412. The summed E-state index contributed by atoms with van der Waals surface area (Å²) in [5.41, 5.74) is -6.76. The minimum absolute atomic E-state index is 0.252. The molecule has 3 aliphatic rings. The van der Waals surface area contributed by atoms with Crippen molar-refractivity contribution in [2.45, 2.75) is 63.8 Å². The van der Waals surface area contributed by atoms with Crippen LogP contribution < -0.4 is 0 Å². The molecule has 12 heteroatoms. The molecule has 0 fully saturated rings. The van der Waals surface area contributed by atoms with Gasteiger partial charge in [0, 0.05) is 11.1 Å². The van der Waals surface area contributed by atoms with Crippen LogP contribution in [-0.2, 0) is 58.8 Å². The Morgan fingerprint density at radius 1 is 0.587 bits per heavy atom. The first-order chi connectivity index (χ1) is 21.5. The van der Waals surface area contributed by atoms with Gasteiger partial charge in [0.2, 0.25) is 23.0 Å². The summed E-state index contributed by atoms with van der Waals surface area (Å²) < 4.78 is 34.6. The SMILES string of the molecule is COC(=O)C1=C(C(=O)OC)[C@@]2(OC1=NC(C)(C)C)c1cccc3cccc(c13)[C@@]21OC(=NC(C)(C)C)C(C(=O)OC)=C1C(=O)OC. The van der Waals surface area contributed by atoms with Gasteiger partial charge in [0.1, 0.15) is 22.3 Å². The third-order valence-electron chi connectivity index (χ3n) is 7.72. The standard InChI is InChI=1S/C34H36N2O10/c1-31(2,3)35-25-21(27(37)41-7)23(29(39)43-9)33(45-25)18-15-11-13-17-14-12-16-19(20(17)18)34(33)24(30(40)44-10)22(28(38)42-8)26(46-34)36-32(4,5)6/h11-16H,1-10H3/t33-,34-/m0/s1. The molecule has 5 rings (SSSR count). The molecule has 2 spiro atoms. The van der Waals surface area contributed by atoms with E-state index in [9.17, 15) is 19.2 Å². The van der Waals surface area contributed by atoms with Gasteiger partial charge in [-0.25, -0.2) is 29.2 Å². The monoisotopic (exact) mass is 632 g/mol. The molecule has 0 N–H and O–H groups in total. The summed E-state index contributed by atoms with van der Waals surface area (Å²) in [6.07, 6.45) is 0. The predicted octanol–water partition coefficient (Wildman–Crippen LogP) is 3.98. The lowest BCUT2D eigenvalue weighted by Crippen LogP contribution is -2.52. The first kappa shape index (κ1) is 32.4. The third-order valence-corrected chi connectivity index (χ3v) is 7.72. The number of methoxy groups -OCH3 is 4. The second-order valence-corrected chi connectivity index (χ2v) is 12.9. The summed E-state index contributed by atoms with van der Waals surface area (Å²) in [7, 11) is 4.59. The summed E-state index contributed by atoms with van der Waals surface area (Å²) >= 11 is 0. The Balaban J connectivity index is 2.11. The largest absolute Gasteiger partial charge is 0.466 e. The Hall–Kier alpha value is -5.00. The third kappa shape index (κ3) is 4.49. The van der Waals surface area contributed by atoms with Crippen LogP contribution in [0.4, 0.5) is 0 Å². The number of carbonyl (C=O) groups excluding carboxylic acids is 4. The summed E-state index contributed by atoms with van der Waals surface area (Å²) in [5, 5.41) is 1.23. The summed E-state index contributed by atoms with van der Waals surface area (Å²) in [6.45, 7) is 10.6. The van der Waals surface area contributed by atoms with Gasteiger partial charge in [0.05, 0.1) is 39.5 Å². The zero-order valence-corrected chi connectivity index (χ0v) is 27.4. The maximum atomic E-state index is 14.1. The lowest BCUT2D eigenvalue weighted by atomic mass is 9.70. The number of fused-ring (bicyclic) bond motifs is 3. The van der Waals surface area contributed by atoms with E-state index in [0.717, 1.165) is 28.4 Å². The van der Waals surface area contributed by atoms with E-state index in [1.54, 1.807) is 65.8 Å². The van der Waals surface area contributed by atoms with Crippen molar-refractivity contribution in [3.63, 3.8) is 0 Å². The molecule has 46 heavy (non-hydrogen) atoms. The average Bonchev–Trinajstić information content (AvgIpc) is 3.58. The summed E-state index contributed by atoms with van der Waals surface area (Å²) in [4.78, 5) is 64.9. The number of hydrogen-bond donors (Lipinski definition) is 0. The van der Waals surface area contributed by atoms with Crippen LogP contribution in [0, 0.1) is 0 Å². The van der Waals surface area contributed by atoms with Gasteiger partial charge >= 0.3 is 23.9 Å². The molecule has 2 aromatic carbocycles. The lowest BCUT2D eigenvalue weighted by molar-refractivity contribution is -0.149. The van der Waals surface area contributed by atoms with Crippen LogP contribution in [-0.4, -0.2) is 75.2 Å². The van der Waals surface area contributed by atoms with E-state index in [-0.39, 0.29) is 34.1 Å². The van der Waals surface area contributed by atoms with Crippen molar-refractivity contribution in [3.05, 3.63) is 69.8 Å². The zero-order valence-electron chi connectivity index (χ0n) is 27.4. The van der Waals surface area contributed by atoms with Crippen molar-refractivity contribution >= 4 is 46.4 Å². The van der Waals surface area contributed by atoms with Crippen LogP contribution in [0.1, 0.15) is 52.7 Å². The molecule has 0 bridgehead atoms. The number of hydrogen-bond acceptors (Lipinski definition) is 12. The maximum absolute atomic E-state index is 14.1. The Labute approximate surface area is 266 Å². The predicted molar refractivity (Wildman–Crippen MR) is 166 cm³/mol. The molecule has 0 saturated carbocycles. The van der Waals surface area contributed by atoms with Crippen LogP contribution in [0.2, 0.25) is 0 Å². The Morgan fingerprint density at radius 2 is 0.935 bits per heavy atom. The summed E-state index contributed by atoms with van der Waals surface area (Å²) in [5.74, 6) is -4.38. The van der Waals surface area contributed by atoms with Gasteiger partial charge in [-0.15, -0.1) is 0 Å². The average molecular weight is 633 g/mol. The Bertz CT molecular complexity index is 1710. The van der Waals surface area contributed by atoms with Gasteiger partial charge in [0.15, 0.2) is 0 Å². The smallest absolute Gasteiger partial charge is 0.344 e. The van der Waals surface area contributed by atoms with Crippen LogP contribution in [0.15, 0.2) is 68.7 Å². The van der Waals surface area contributed by atoms with E-state index in [2.05, 4.69) is 9.98 Å². The molecule has 242 valence electrons. The molecular formula is C34H36N2O10. The van der Waals surface area contributed by atoms with Gasteiger partial charge in [0.25, 0.3) is 0 Å². The number of esters is 4. The Morgan fingerprint density at radius 3 is 1.24 bits per heavy atom. The van der Waals surface area contributed by atoms with E-state index < -0.39 is 46.2 Å². The second-order valence-electron chi connectivity index (χ2n) is 12.9. The molecule has 0 aromatic heterocycles. The number of benzene rings is 2. The fourth-order valence-corrected chi connectivity index (χ4v) is 6.29. The van der Waals surface area contributed by atoms with E-state index in [1.165, 1.54) is 0 Å². The molecule has 1 aliphatic carbocycles. The molecule has 2 aliphatic heterocycles.